The molecule has 1 aliphatic rings. The van der Waals surface area contributed by atoms with Gasteiger partial charge in [0.1, 0.15) is 5.41 Å². The average Bonchev–Trinajstić information content (AvgIpc) is 2.71. The van der Waals surface area contributed by atoms with E-state index in [2.05, 4.69) is 11.2 Å². The van der Waals surface area contributed by atoms with Crippen molar-refractivity contribution in [3.8, 4) is 6.07 Å². The molecule has 1 amide bonds. The van der Waals surface area contributed by atoms with Crippen LogP contribution in [-0.2, 0) is 18.4 Å². The van der Waals surface area contributed by atoms with Crippen LogP contribution in [0.1, 0.15) is 44.1 Å². The summed E-state index contributed by atoms with van der Waals surface area (Å²) >= 11 is 0. The first kappa shape index (κ1) is 14.6. The van der Waals surface area contributed by atoms with Gasteiger partial charge >= 0.3 is 0 Å². The van der Waals surface area contributed by atoms with Gasteiger partial charge in [-0.05, 0) is 12.8 Å². The molecule has 1 aromatic heterocycles. The molecule has 0 unspecified atom stereocenters. The summed E-state index contributed by atoms with van der Waals surface area (Å²) in [6.45, 7) is 0.510. The molecule has 1 heterocycles. The van der Waals surface area contributed by atoms with Crippen molar-refractivity contribution in [3.63, 3.8) is 0 Å². The summed E-state index contributed by atoms with van der Waals surface area (Å²) in [6.07, 6.45) is 9.25. The van der Waals surface area contributed by atoms with Crippen molar-refractivity contribution < 1.29 is 4.79 Å². The molecule has 2 rings (SSSR count). The molecule has 1 aliphatic carbocycles. The minimum Gasteiger partial charge on any atom is -0.340 e. The van der Waals surface area contributed by atoms with Crippen LogP contribution in [0.15, 0.2) is 12.4 Å². The summed E-state index contributed by atoms with van der Waals surface area (Å²) in [6, 6.07) is 2.32. The number of carbonyl (C=O) groups excluding carboxylic acids is 1. The quantitative estimate of drug-likeness (QED) is 0.794. The van der Waals surface area contributed by atoms with E-state index < -0.39 is 5.41 Å². The molecule has 0 saturated heterocycles. The molecule has 20 heavy (non-hydrogen) atoms. The second-order valence-corrected chi connectivity index (χ2v) is 5.79. The summed E-state index contributed by atoms with van der Waals surface area (Å²) < 4.78 is 1.72. The third-order valence-corrected chi connectivity index (χ3v) is 4.11. The predicted molar refractivity (Wildman–Crippen MR) is 75.4 cm³/mol. The van der Waals surface area contributed by atoms with Crippen molar-refractivity contribution in [3.05, 3.63) is 18.0 Å². The van der Waals surface area contributed by atoms with E-state index in [9.17, 15) is 10.1 Å². The summed E-state index contributed by atoms with van der Waals surface area (Å²) in [5.74, 6) is -0.0363. The van der Waals surface area contributed by atoms with E-state index >= 15 is 0 Å². The molecule has 5 heteroatoms. The maximum atomic E-state index is 12.7. The number of rotatable bonds is 3. The Kier molecular flexibility index (Phi) is 4.43. The number of nitrogens with zero attached hydrogens (tertiary/aromatic N) is 4. The normalized spacial score (nSPS) is 18.1. The van der Waals surface area contributed by atoms with Crippen LogP contribution in [-0.4, -0.2) is 27.6 Å². The monoisotopic (exact) mass is 274 g/mol. The van der Waals surface area contributed by atoms with Crippen molar-refractivity contribution in [1.29, 1.82) is 5.26 Å². The predicted octanol–water partition coefficient (Wildman–Crippen LogP) is 2.24. The Bertz CT molecular complexity index is 506. The number of amides is 1. The van der Waals surface area contributed by atoms with Crippen LogP contribution in [0.5, 0.6) is 0 Å². The van der Waals surface area contributed by atoms with Crippen LogP contribution >= 0.6 is 0 Å². The molecule has 0 bridgehead atoms. The van der Waals surface area contributed by atoms with Gasteiger partial charge in [-0.3, -0.25) is 9.48 Å². The highest BCUT2D eigenvalue weighted by Gasteiger charge is 2.40. The van der Waals surface area contributed by atoms with Crippen molar-refractivity contribution >= 4 is 5.91 Å². The van der Waals surface area contributed by atoms with Gasteiger partial charge in [-0.1, -0.05) is 25.7 Å². The highest BCUT2D eigenvalue weighted by atomic mass is 16.2. The van der Waals surface area contributed by atoms with Gasteiger partial charge in [-0.2, -0.15) is 10.4 Å². The molecule has 0 spiro atoms. The van der Waals surface area contributed by atoms with E-state index in [1.807, 2.05) is 13.2 Å². The molecule has 1 aromatic rings. The lowest BCUT2D eigenvalue weighted by atomic mass is 9.80. The third-order valence-electron chi connectivity index (χ3n) is 4.11. The minimum absolute atomic E-state index is 0.0363. The van der Waals surface area contributed by atoms with E-state index in [1.165, 1.54) is 0 Å². The lowest BCUT2D eigenvalue weighted by Crippen LogP contribution is -2.40. The fraction of sp³-hybridized carbons (Fsp3) is 0.667. The molecule has 0 atom stereocenters. The zero-order chi connectivity index (χ0) is 14.6. The van der Waals surface area contributed by atoms with Gasteiger partial charge < -0.3 is 4.90 Å². The molecule has 5 nitrogen and oxygen atoms in total. The zero-order valence-corrected chi connectivity index (χ0v) is 12.3. The Morgan fingerprint density at radius 1 is 1.45 bits per heavy atom. The maximum Gasteiger partial charge on any atom is 0.243 e. The third kappa shape index (κ3) is 3.01. The fourth-order valence-electron chi connectivity index (χ4n) is 2.97. The molecular formula is C15H22N4O. The first-order valence-electron chi connectivity index (χ1n) is 7.22. The van der Waals surface area contributed by atoms with Gasteiger partial charge in [-0.25, -0.2) is 0 Å². The first-order valence-corrected chi connectivity index (χ1v) is 7.22. The highest BCUT2D eigenvalue weighted by molar-refractivity contribution is 5.85. The smallest absolute Gasteiger partial charge is 0.243 e. The van der Waals surface area contributed by atoms with Crippen molar-refractivity contribution in [2.75, 3.05) is 7.05 Å². The van der Waals surface area contributed by atoms with Gasteiger partial charge in [0.2, 0.25) is 5.91 Å². The number of aryl methyl sites for hydroxylation is 1. The second kappa shape index (κ2) is 6.08. The number of aromatic nitrogens is 2. The number of hydrogen-bond acceptors (Lipinski definition) is 3. The van der Waals surface area contributed by atoms with Crippen LogP contribution in [0.2, 0.25) is 0 Å². The maximum absolute atomic E-state index is 12.7. The fourth-order valence-corrected chi connectivity index (χ4v) is 2.97. The standard InChI is InChI=1S/C15H22N4O/c1-18(10-13-9-17-19(2)11-13)14(20)15(12-16)7-5-3-4-6-8-15/h9,11H,3-8,10H2,1-2H3. The molecule has 0 radical (unpaired) electrons. The largest absolute Gasteiger partial charge is 0.340 e. The van der Waals surface area contributed by atoms with Crippen LogP contribution in [0.4, 0.5) is 0 Å². The van der Waals surface area contributed by atoms with Crippen LogP contribution in [0.25, 0.3) is 0 Å². The highest BCUT2D eigenvalue weighted by Crippen LogP contribution is 2.36. The Labute approximate surface area is 120 Å². The van der Waals surface area contributed by atoms with E-state index in [-0.39, 0.29) is 5.91 Å². The van der Waals surface area contributed by atoms with Crippen LogP contribution in [0.3, 0.4) is 0 Å². The summed E-state index contributed by atoms with van der Waals surface area (Å²) in [5.41, 5.74) is 0.179. The van der Waals surface area contributed by atoms with E-state index in [0.29, 0.717) is 19.4 Å². The lowest BCUT2D eigenvalue weighted by molar-refractivity contribution is -0.138. The molecular weight excluding hydrogens is 252 g/mol. The Morgan fingerprint density at radius 3 is 2.60 bits per heavy atom. The molecule has 1 fully saturated rings. The molecule has 1 saturated carbocycles. The van der Waals surface area contributed by atoms with Crippen molar-refractivity contribution in [1.82, 2.24) is 14.7 Å². The minimum atomic E-state index is -0.812. The van der Waals surface area contributed by atoms with Gasteiger partial charge in [-0.15, -0.1) is 0 Å². The number of nitriles is 1. The second-order valence-electron chi connectivity index (χ2n) is 5.79. The van der Waals surface area contributed by atoms with Crippen LogP contribution < -0.4 is 0 Å². The molecule has 108 valence electrons. The molecule has 0 aliphatic heterocycles. The average molecular weight is 274 g/mol. The Hall–Kier alpha value is -1.83. The first-order chi connectivity index (χ1) is 9.57. The zero-order valence-electron chi connectivity index (χ0n) is 12.3. The van der Waals surface area contributed by atoms with Gasteiger partial charge in [0.15, 0.2) is 0 Å². The Morgan fingerprint density at radius 2 is 2.10 bits per heavy atom. The molecule has 0 N–H and O–H groups in total. The van der Waals surface area contributed by atoms with E-state index in [0.717, 1.165) is 31.2 Å². The van der Waals surface area contributed by atoms with E-state index in [4.69, 9.17) is 0 Å². The number of carbonyl (C=O) groups is 1. The Balaban J connectivity index is 2.09. The summed E-state index contributed by atoms with van der Waals surface area (Å²) in [7, 11) is 3.63. The lowest BCUT2D eigenvalue weighted by Gasteiger charge is -2.29. The summed E-state index contributed by atoms with van der Waals surface area (Å²) in [4.78, 5) is 14.4. The summed E-state index contributed by atoms with van der Waals surface area (Å²) in [5, 5.41) is 13.6. The topological polar surface area (TPSA) is 61.9 Å². The molecule has 0 aromatic carbocycles. The van der Waals surface area contributed by atoms with Gasteiger partial charge in [0.05, 0.1) is 12.3 Å². The van der Waals surface area contributed by atoms with Gasteiger partial charge in [0.25, 0.3) is 0 Å². The van der Waals surface area contributed by atoms with Crippen molar-refractivity contribution in [2.24, 2.45) is 12.5 Å². The number of hydrogen-bond donors (Lipinski definition) is 0. The van der Waals surface area contributed by atoms with Crippen molar-refractivity contribution in [2.45, 2.75) is 45.1 Å². The van der Waals surface area contributed by atoms with E-state index in [1.54, 1.807) is 22.8 Å². The SMILES string of the molecule is CN(Cc1cnn(C)c1)C(=O)C1(C#N)CCCCCC1. The van der Waals surface area contributed by atoms with Crippen LogP contribution in [0, 0.1) is 16.7 Å². The van der Waals surface area contributed by atoms with Gasteiger partial charge in [0, 0.05) is 32.4 Å².